The molecule has 1 aromatic rings. The summed E-state index contributed by atoms with van der Waals surface area (Å²) in [6.45, 7) is 0.959. The Bertz CT molecular complexity index is 483. The van der Waals surface area contributed by atoms with E-state index in [0.29, 0.717) is 13.1 Å². The molecule has 0 saturated carbocycles. The highest BCUT2D eigenvalue weighted by atomic mass is 32.2. The minimum atomic E-state index is -3.45. The van der Waals surface area contributed by atoms with Crippen molar-refractivity contribution in [3.63, 3.8) is 0 Å². The summed E-state index contributed by atoms with van der Waals surface area (Å²) >= 11 is 0. The summed E-state index contributed by atoms with van der Waals surface area (Å²) < 4.78 is 27.4. The molecule has 0 bridgehead atoms. The van der Waals surface area contributed by atoms with Crippen LogP contribution in [0.4, 0.5) is 0 Å². The molecule has 6 nitrogen and oxygen atoms in total. The first-order valence-electron chi connectivity index (χ1n) is 5.63. The van der Waals surface area contributed by atoms with Gasteiger partial charge in [0.05, 0.1) is 6.20 Å². The SMILES string of the molecule is Cn1cc(S(=O)(=O)N2CCCC(CO)C2)cn1. The van der Waals surface area contributed by atoms with Gasteiger partial charge in [-0.05, 0) is 18.8 Å². The molecule has 17 heavy (non-hydrogen) atoms. The monoisotopic (exact) mass is 259 g/mol. The Hall–Kier alpha value is -0.920. The fourth-order valence-corrected chi connectivity index (χ4v) is 3.62. The van der Waals surface area contributed by atoms with Crippen LogP contribution in [0, 0.1) is 5.92 Å². The van der Waals surface area contributed by atoms with E-state index in [-0.39, 0.29) is 17.4 Å². The third kappa shape index (κ3) is 2.51. The summed E-state index contributed by atoms with van der Waals surface area (Å²) in [6, 6.07) is 0. The van der Waals surface area contributed by atoms with Crippen LogP contribution < -0.4 is 0 Å². The summed E-state index contributed by atoms with van der Waals surface area (Å²) in [5.41, 5.74) is 0. The second-order valence-electron chi connectivity index (χ2n) is 4.40. The van der Waals surface area contributed by atoms with Crippen molar-refractivity contribution in [1.29, 1.82) is 0 Å². The fourth-order valence-electron chi connectivity index (χ4n) is 2.08. The van der Waals surface area contributed by atoms with Gasteiger partial charge in [0.2, 0.25) is 10.0 Å². The lowest BCUT2D eigenvalue weighted by molar-refractivity contribution is 0.165. The van der Waals surface area contributed by atoms with E-state index in [0.717, 1.165) is 12.8 Å². The molecule has 1 aliphatic rings. The van der Waals surface area contributed by atoms with Gasteiger partial charge in [-0.1, -0.05) is 0 Å². The number of nitrogens with zero attached hydrogens (tertiary/aromatic N) is 3. The molecule has 0 radical (unpaired) electrons. The largest absolute Gasteiger partial charge is 0.396 e. The molecule has 0 aromatic carbocycles. The molecule has 2 heterocycles. The minimum Gasteiger partial charge on any atom is -0.396 e. The van der Waals surface area contributed by atoms with Gasteiger partial charge in [0.15, 0.2) is 0 Å². The van der Waals surface area contributed by atoms with E-state index in [2.05, 4.69) is 5.10 Å². The standard InChI is InChI=1S/C10H17N3O3S/c1-12-7-10(5-11-12)17(15,16)13-4-2-3-9(6-13)8-14/h5,7,9,14H,2-4,6,8H2,1H3. The first kappa shape index (κ1) is 12.5. The molecule has 0 amide bonds. The van der Waals surface area contributed by atoms with Gasteiger partial charge in [0.25, 0.3) is 0 Å². The maximum absolute atomic E-state index is 12.3. The van der Waals surface area contributed by atoms with Crippen molar-refractivity contribution in [3.05, 3.63) is 12.4 Å². The summed E-state index contributed by atoms with van der Waals surface area (Å²) in [5, 5.41) is 13.0. The van der Waals surface area contributed by atoms with Gasteiger partial charge < -0.3 is 5.11 Å². The average Bonchev–Trinajstić information content (AvgIpc) is 2.76. The highest BCUT2D eigenvalue weighted by Gasteiger charge is 2.30. The summed E-state index contributed by atoms with van der Waals surface area (Å²) in [7, 11) is -1.76. The number of aromatic nitrogens is 2. The molecule has 7 heteroatoms. The predicted octanol–water partition coefficient (Wildman–Crippen LogP) is -0.187. The lowest BCUT2D eigenvalue weighted by Gasteiger charge is -2.30. The first-order chi connectivity index (χ1) is 8.04. The van der Waals surface area contributed by atoms with Crippen molar-refractivity contribution >= 4 is 10.0 Å². The highest BCUT2D eigenvalue weighted by Crippen LogP contribution is 2.22. The first-order valence-corrected chi connectivity index (χ1v) is 7.07. The molecule has 0 spiro atoms. The van der Waals surface area contributed by atoms with Crippen LogP contribution in [-0.4, -0.2) is 47.3 Å². The molecule has 1 N–H and O–H groups in total. The van der Waals surface area contributed by atoms with E-state index >= 15 is 0 Å². The number of aliphatic hydroxyl groups excluding tert-OH is 1. The number of hydrogen-bond acceptors (Lipinski definition) is 4. The van der Waals surface area contributed by atoms with Gasteiger partial charge in [-0.2, -0.15) is 9.40 Å². The smallest absolute Gasteiger partial charge is 0.246 e. The van der Waals surface area contributed by atoms with E-state index in [1.807, 2.05) is 0 Å². The lowest BCUT2D eigenvalue weighted by Crippen LogP contribution is -2.40. The van der Waals surface area contributed by atoms with E-state index < -0.39 is 10.0 Å². The minimum absolute atomic E-state index is 0.0407. The van der Waals surface area contributed by atoms with Crippen LogP contribution in [0.1, 0.15) is 12.8 Å². The van der Waals surface area contributed by atoms with Crippen LogP contribution in [0.15, 0.2) is 17.3 Å². The van der Waals surface area contributed by atoms with Gasteiger partial charge in [0, 0.05) is 32.9 Å². The molecule has 1 unspecified atom stereocenters. The summed E-state index contributed by atoms with van der Waals surface area (Å²) in [4.78, 5) is 0.221. The van der Waals surface area contributed by atoms with Gasteiger partial charge in [-0.3, -0.25) is 4.68 Å². The molecule has 1 aromatic heterocycles. The molecule has 1 saturated heterocycles. The maximum Gasteiger partial charge on any atom is 0.246 e. The fraction of sp³-hybridized carbons (Fsp3) is 0.700. The summed E-state index contributed by atoms with van der Waals surface area (Å²) in [5.74, 6) is 0.0511. The Balaban J connectivity index is 2.21. The van der Waals surface area contributed by atoms with Gasteiger partial charge >= 0.3 is 0 Å². The van der Waals surface area contributed by atoms with Crippen molar-refractivity contribution in [2.45, 2.75) is 17.7 Å². The van der Waals surface area contributed by atoms with Crippen molar-refractivity contribution in [2.24, 2.45) is 13.0 Å². The number of sulfonamides is 1. The Morgan fingerprint density at radius 1 is 1.59 bits per heavy atom. The zero-order valence-electron chi connectivity index (χ0n) is 9.78. The van der Waals surface area contributed by atoms with Gasteiger partial charge in [0.1, 0.15) is 4.90 Å². The molecular formula is C10H17N3O3S. The zero-order chi connectivity index (χ0) is 12.5. The molecule has 1 atom stereocenters. The quantitative estimate of drug-likeness (QED) is 0.816. The topological polar surface area (TPSA) is 75.4 Å². The third-order valence-corrected chi connectivity index (χ3v) is 4.88. The lowest BCUT2D eigenvalue weighted by atomic mass is 10.0. The highest BCUT2D eigenvalue weighted by molar-refractivity contribution is 7.89. The number of piperidine rings is 1. The van der Waals surface area contributed by atoms with Crippen LogP contribution >= 0.6 is 0 Å². The zero-order valence-corrected chi connectivity index (χ0v) is 10.6. The van der Waals surface area contributed by atoms with Crippen LogP contribution in [0.3, 0.4) is 0 Å². The average molecular weight is 259 g/mol. The van der Waals surface area contributed by atoms with Gasteiger partial charge in [-0.25, -0.2) is 8.42 Å². The number of aliphatic hydroxyl groups is 1. The summed E-state index contributed by atoms with van der Waals surface area (Å²) in [6.07, 6.45) is 4.54. The van der Waals surface area contributed by atoms with Crippen molar-refractivity contribution < 1.29 is 13.5 Å². The van der Waals surface area contributed by atoms with E-state index in [9.17, 15) is 8.42 Å². The van der Waals surface area contributed by atoms with E-state index in [1.54, 1.807) is 7.05 Å². The number of aryl methyl sites for hydroxylation is 1. The second kappa shape index (κ2) is 4.75. The Labute approximate surface area is 101 Å². The normalized spacial score (nSPS) is 22.8. The molecule has 2 rings (SSSR count). The molecule has 1 fully saturated rings. The number of hydrogen-bond donors (Lipinski definition) is 1. The van der Waals surface area contributed by atoms with E-state index in [1.165, 1.54) is 21.4 Å². The van der Waals surface area contributed by atoms with Gasteiger partial charge in [-0.15, -0.1) is 0 Å². The van der Waals surface area contributed by atoms with Crippen LogP contribution in [0.5, 0.6) is 0 Å². The maximum atomic E-state index is 12.3. The third-order valence-electron chi connectivity index (χ3n) is 3.06. The van der Waals surface area contributed by atoms with Crippen molar-refractivity contribution in [2.75, 3.05) is 19.7 Å². The second-order valence-corrected chi connectivity index (χ2v) is 6.34. The Kier molecular flexibility index (Phi) is 3.50. The predicted molar refractivity (Wildman–Crippen MR) is 61.8 cm³/mol. The molecular weight excluding hydrogens is 242 g/mol. The van der Waals surface area contributed by atoms with Crippen molar-refractivity contribution in [3.8, 4) is 0 Å². The Morgan fingerprint density at radius 2 is 2.35 bits per heavy atom. The molecule has 1 aliphatic heterocycles. The van der Waals surface area contributed by atoms with Crippen LogP contribution in [0.25, 0.3) is 0 Å². The molecule has 96 valence electrons. The van der Waals surface area contributed by atoms with Crippen molar-refractivity contribution in [1.82, 2.24) is 14.1 Å². The Morgan fingerprint density at radius 3 is 2.94 bits per heavy atom. The van der Waals surface area contributed by atoms with E-state index in [4.69, 9.17) is 5.11 Å². The van der Waals surface area contributed by atoms with Crippen LogP contribution in [-0.2, 0) is 17.1 Å². The molecule has 0 aliphatic carbocycles. The van der Waals surface area contributed by atoms with Crippen LogP contribution in [0.2, 0.25) is 0 Å². The number of rotatable bonds is 3.